The second kappa shape index (κ2) is 6.30. The Morgan fingerprint density at radius 3 is 2.29 bits per heavy atom. The molecule has 2 unspecified atom stereocenters. The predicted molar refractivity (Wildman–Crippen MR) is 88.9 cm³/mol. The van der Waals surface area contributed by atoms with E-state index in [1.807, 2.05) is 31.2 Å². The van der Waals surface area contributed by atoms with E-state index in [0.717, 1.165) is 15.6 Å². The van der Waals surface area contributed by atoms with Gasteiger partial charge in [0, 0.05) is 10.5 Å². The van der Waals surface area contributed by atoms with Crippen LogP contribution in [0.25, 0.3) is 0 Å². The van der Waals surface area contributed by atoms with E-state index in [1.54, 1.807) is 31.2 Å². The zero-order valence-electron chi connectivity index (χ0n) is 12.0. The van der Waals surface area contributed by atoms with Gasteiger partial charge >= 0.3 is 0 Å². The Balaban J connectivity index is 2.33. The van der Waals surface area contributed by atoms with Gasteiger partial charge in [-0.25, -0.2) is 8.42 Å². The van der Waals surface area contributed by atoms with E-state index < -0.39 is 21.1 Å². The number of hydrogen-bond donors (Lipinski definition) is 1. The highest BCUT2D eigenvalue weighted by Crippen LogP contribution is 2.27. The van der Waals surface area contributed by atoms with Crippen molar-refractivity contribution in [3.63, 3.8) is 0 Å². The van der Waals surface area contributed by atoms with Crippen molar-refractivity contribution in [1.29, 1.82) is 0 Å². The molecule has 2 aromatic carbocycles. The molecule has 2 atom stereocenters. The molecular formula is C16H18BrNO2S. The maximum Gasteiger partial charge on any atom is 0.182 e. The van der Waals surface area contributed by atoms with Gasteiger partial charge in [0.05, 0.1) is 10.1 Å². The Bertz CT molecular complexity index is 726. The van der Waals surface area contributed by atoms with Crippen LogP contribution in [0, 0.1) is 6.92 Å². The fraction of sp³-hybridized carbons (Fsp3) is 0.250. The normalized spacial score (nSPS) is 14.7. The van der Waals surface area contributed by atoms with E-state index in [9.17, 15) is 8.42 Å². The molecule has 2 N–H and O–H groups in total. The van der Waals surface area contributed by atoms with Gasteiger partial charge in [0.15, 0.2) is 9.84 Å². The van der Waals surface area contributed by atoms with E-state index in [2.05, 4.69) is 15.9 Å². The highest BCUT2D eigenvalue weighted by Gasteiger charge is 2.29. The van der Waals surface area contributed by atoms with Crippen LogP contribution in [-0.4, -0.2) is 13.7 Å². The molecule has 0 spiro atoms. The summed E-state index contributed by atoms with van der Waals surface area (Å²) in [5.74, 6) is 0. The molecule has 0 aliphatic carbocycles. The summed E-state index contributed by atoms with van der Waals surface area (Å²) in [5.41, 5.74) is 8.10. The van der Waals surface area contributed by atoms with Crippen LogP contribution in [0.1, 0.15) is 24.1 Å². The molecule has 0 saturated heterocycles. The quantitative estimate of drug-likeness (QED) is 0.897. The summed E-state index contributed by atoms with van der Waals surface area (Å²) in [6.07, 6.45) is 0. The van der Waals surface area contributed by atoms with Crippen LogP contribution in [0.3, 0.4) is 0 Å². The monoisotopic (exact) mass is 367 g/mol. The topological polar surface area (TPSA) is 60.2 Å². The van der Waals surface area contributed by atoms with Crippen molar-refractivity contribution in [3.8, 4) is 0 Å². The van der Waals surface area contributed by atoms with E-state index in [-0.39, 0.29) is 4.90 Å². The average Bonchev–Trinajstić information content (AvgIpc) is 2.46. The maximum absolute atomic E-state index is 12.7. The Morgan fingerprint density at radius 2 is 1.71 bits per heavy atom. The first kappa shape index (κ1) is 16.2. The summed E-state index contributed by atoms with van der Waals surface area (Å²) < 4.78 is 26.1. The molecule has 3 nitrogen and oxygen atoms in total. The average molecular weight is 368 g/mol. The summed E-state index contributed by atoms with van der Waals surface area (Å²) in [4.78, 5) is 0.284. The Labute approximate surface area is 134 Å². The second-order valence-corrected chi connectivity index (χ2v) is 8.36. The number of halogens is 1. The van der Waals surface area contributed by atoms with Crippen molar-refractivity contribution in [3.05, 3.63) is 64.1 Å². The smallest absolute Gasteiger partial charge is 0.182 e. The van der Waals surface area contributed by atoms with Gasteiger partial charge in [0.25, 0.3) is 0 Å². The van der Waals surface area contributed by atoms with Gasteiger partial charge in [-0.15, -0.1) is 0 Å². The molecule has 0 aromatic heterocycles. The predicted octanol–water partition coefficient (Wildman–Crippen LogP) is 3.62. The van der Waals surface area contributed by atoms with Crippen molar-refractivity contribution in [2.45, 2.75) is 30.0 Å². The minimum Gasteiger partial charge on any atom is -0.323 e. The van der Waals surface area contributed by atoms with Gasteiger partial charge in [-0.3, -0.25) is 0 Å². The minimum atomic E-state index is -3.47. The minimum absolute atomic E-state index is 0.284. The lowest BCUT2D eigenvalue weighted by Crippen LogP contribution is -2.31. The van der Waals surface area contributed by atoms with Crippen LogP contribution in [0.5, 0.6) is 0 Å². The lowest BCUT2D eigenvalue weighted by Gasteiger charge is -2.21. The number of nitrogens with two attached hydrogens (primary N) is 1. The Morgan fingerprint density at radius 1 is 1.10 bits per heavy atom. The molecule has 0 bridgehead atoms. The molecule has 0 saturated carbocycles. The van der Waals surface area contributed by atoms with Crippen LogP contribution in [0.4, 0.5) is 0 Å². The Kier molecular flexibility index (Phi) is 4.86. The van der Waals surface area contributed by atoms with E-state index in [4.69, 9.17) is 5.73 Å². The fourth-order valence-corrected chi connectivity index (χ4v) is 4.19. The molecule has 2 aromatic rings. The van der Waals surface area contributed by atoms with Crippen LogP contribution in [0.2, 0.25) is 0 Å². The summed E-state index contributed by atoms with van der Waals surface area (Å²) in [6, 6.07) is 13.8. The summed E-state index contributed by atoms with van der Waals surface area (Å²) in [7, 11) is -3.47. The van der Waals surface area contributed by atoms with Crippen molar-refractivity contribution >= 4 is 25.8 Å². The number of aryl methyl sites for hydroxylation is 1. The van der Waals surface area contributed by atoms with Gasteiger partial charge in [-0.05, 0) is 37.6 Å². The molecule has 5 heteroatoms. The second-order valence-electron chi connectivity index (χ2n) is 5.14. The van der Waals surface area contributed by atoms with Crippen LogP contribution in [0.15, 0.2) is 57.9 Å². The van der Waals surface area contributed by atoms with Crippen molar-refractivity contribution in [2.75, 3.05) is 0 Å². The van der Waals surface area contributed by atoms with Crippen molar-refractivity contribution < 1.29 is 8.42 Å². The van der Waals surface area contributed by atoms with Gasteiger partial charge in [-0.2, -0.15) is 0 Å². The third kappa shape index (κ3) is 3.54. The number of rotatable bonds is 4. The molecule has 0 aliphatic rings. The number of hydrogen-bond acceptors (Lipinski definition) is 3. The van der Waals surface area contributed by atoms with Crippen molar-refractivity contribution in [1.82, 2.24) is 0 Å². The van der Waals surface area contributed by atoms with E-state index >= 15 is 0 Å². The maximum atomic E-state index is 12.7. The largest absolute Gasteiger partial charge is 0.323 e. The molecule has 0 fully saturated rings. The molecular weight excluding hydrogens is 350 g/mol. The third-order valence-corrected chi connectivity index (χ3v) is 6.26. The van der Waals surface area contributed by atoms with Gasteiger partial charge in [-0.1, -0.05) is 51.8 Å². The zero-order chi connectivity index (χ0) is 15.6. The molecule has 0 amide bonds. The van der Waals surface area contributed by atoms with E-state index in [1.165, 1.54) is 0 Å². The molecule has 2 rings (SSSR count). The zero-order valence-corrected chi connectivity index (χ0v) is 14.4. The van der Waals surface area contributed by atoms with E-state index in [0.29, 0.717) is 0 Å². The number of benzene rings is 2. The fourth-order valence-electron chi connectivity index (χ4n) is 2.11. The molecule has 0 radical (unpaired) electrons. The highest BCUT2D eigenvalue weighted by atomic mass is 79.9. The van der Waals surface area contributed by atoms with Crippen molar-refractivity contribution in [2.24, 2.45) is 5.73 Å². The molecule has 0 heterocycles. The first-order valence-electron chi connectivity index (χ1n) is 6.64. The molecule has 0 aliphatic heterocycles. The standard InChI is InChI=1S/C16H18BrNO2S/c1-11-6-8-13(9-7-11)16(18)12(2)21(19,20)15-5-3-4-14(17)10-15/h3-10,12,16H,18H2,1-2H3. The van der Waals surface area contributed by atoms with Crippen LogP contribution >= 0.6 is 15.9 Å². The third-order valence-electron chi connectivity index (χ3n) is 3.58. The first-order valence-corrected chi connectivity index (χ1v) is 8.98. The van der Waals surface area contributed by atoms with Gasteiger partial charge in [0.1, 0.15) is 0 Å². The summed E-state index contributed by atoms with van der Waals surface area (Å²) >= 11 is 3.30. The van der Waals surface area contributed by atoms with Gasteiger partial charge < -0.3 is 5.73 Å². The summed E-state index contributed by atoms with van der Waals surface area (Å²) in [6.45, 7) is 3.64. The first-order chi connectivity index (χ1) is 9.82. The Hall–Kier alpha value is -1.17. The lowest BCUT2D eigenvalue weighted by atomic mass is 10.0. The lowest BCUT2D eigenvalue weighted by molar-refractivity contribution is 0.565. The van der Waals surface area contributed by atoms with Crippen LogP contribution in [-0.2, 0) is 9.84 Å². The van der Waals surface area contributed by atoms with Gasteiger partial charge in [0.2, 0.25) is 0 Å². The highest BCUT2D eigenvalue weighted by molar-refractivity contribution is 9.10. The molecule has 112 valence electrons. The summed E-state index contributed by atoms with van der Waals surface area (Å²) in [5, 5.41) is -0.700. The van der Waals surface area contributed by atoms with Crippen LogP contribution < -0.4 is 5.73 Å². The SMILES string of the molecule is Cc1ccc(C(N)C(C)S(=O)(=O)c2cccc(Br)c2)cc1. The number of sulfone groups is 1. The molecule has 21 heavy (non-hydrogen) atoms.